The molecule has 1 aromatic carbocycles. The highest BCUT2D eigenvalue weighted by Gasteiger charge is 2.23. The maximum Gasteiger partial charge on any atom is 0.265 e. The first-order chi connectivity index (χ1) is 9.19. The van der Waals surface area contributed by atoms with Crippen LogP contribution >= 0.6 is 22.9 Å². The first-order valence-electron chi connectivity index (χ1n) is 6.42. The molecule has 20 heavy (non-hydrogen) atoms. The van der Waals surface area contributed by atoms with Crippen molar-refractivity contribution in [2.24, 2.45) is 5.41 Å². The molecule has 2 N–H and O–H groups in total. The lowest BCUT2D eigenvalue weighted by Crippen LogP contribution is -2.34. The van der Waals surface area contributed by atoms with E-state index in [0.717, 1.165) is 10.1 Å². The fraction of sp³-hybridized carbons (Fsp3) is 0.400. The Bertz CT molecular complexity index is 658. The minimum absolute atomic E-state index is 0.0326. The maximum absolute atomic E-state index is 12.5. The Labute approximate surface area is 128 Å². The number of fused-ring (bicyclic) bond motifs is 1. The molecule has 0 saturated carbocycles. The number of rotatable bonds is 2. The zero-order valence-corrected chi connectivity index (χ0v) is 13.7. The fourth-order valence-corrected chi connectivity index (χ4v) is 3.47. The molecule has 2 aromatic rings. The van der Waals surface area contributed by atoms with Crippen molar-refractivity contribution < 1.29 is 4.79 Å². The van der Waals surface area contributed by atoms with Crippen LogP contribution in [0.1, 0.15) is 30.4 Å². The van der Waals surface area contributed by atoms with Crippen molar-refractivity contribution in [2.75, 3.05) is 19.3 Å². The predicted molar refractivity (Wildman–Crippen MR) is 87.7 cm³/mol. The Morgan fingerprint density at radius 1 is 1.40 bits per heavy atom. The smallest absolute Gasteiger partial charge is 0.265 e. The van der Waals surface area contributed by atoms with Crippen molar-refractivity contribution in [3.63, 3.8) is 0 Å². The molecule has 0 bridgehead atoms. The SMILES string of the molecule is CN(CC(C)(C)C)C(=O)c1sc2ccc(Cl)cc2c1N. The molecule has 0 saturated heterocycles. The number of carbonyl (C=O) groups is 1. The van der Waals surface area contributed by atoms with E-state index in [1.165, 1.54) is 11.3 Å². The summed E-state index contributed by atoms with van der Waals surface area (Å²) in [5, 5.41) is 1.49. The summed E-state index contributed by atoms with van der Waals surface area (Å²) in [5.74, 6) is -0.0326. The van der Waals surface area contributed by atoms with Gasteiger partial charge in [0.25, 0.3) is 5.91 Å². The number of carbonyl (C=O) groups excluding carboxylic acids is 1. The summed E-state index contributed by atoms with van der Waals surface area (Å²) in [7, 11) is 1.81. The number of amides is 1. The van der Waals surface area contributed by atoms with Gasteiger partial charge in [-0.15, -0.1) is 11.3 Å². The molecule has 5 heteroatoms. The van der Waals surface area contributed by atoms with Crippen LogP contribution in [0.25, 0.3) is 10.1 Å². The molecule has 0 fully saturated rings. The molecule has 108 valence electrons. The number of anilines is 1. The number of thiophene rings is 1. The van der Waals surface area contributed by atoms with E-state index in [1.807, 2.05) is 25.2 Å². The zero-order valence-electron chi connectivity index (χ0n) is 12.2. The van der Waals surface area contributed by atoms with E-state index in [4.69, 9.17) is 17.3 Å². The van der Waals surface area contributed by atoms with E-state index in [9.17, 15) is 4.79 Å². The predicted octanol–water partition coefficient (Wildman–Crippen LogP) is 4.26. The minimum Gasteiger partial charge on any atom is -0.397 e. The highest BCUT2D eigenvalue weighted by Crippen LogP contribution is 2.36. The molecular formula is C15H19ClN2OS. The van der Waals surface area contributed by atoms with Crippen LogP contribution in [-0.2, 0) is 0 Å². The van der Waals surface area contributed by atoms with Gasteiger partial charge in [0.05, 0.1) is 5.69 Å². The summed E-state index contributed by atoms with van der Waals surface area (Å²) in [5.41, 5.74) is 6.70. The number of nitrogens with zero attached hydrogens (tertiary/aromatic N) is 1. The third-order valence-electron chi connectivity index (χ3n) is 2.94. The number of nitrogen functional groups attached to an aromatic ring is 1. The van der Waals surface area contributed by atoms with Gasteiger partial charge < -0.3 is 10.6 Å². The molecule has 1 heterocycles. The number of hydrogen-bond acceptors (Lipinski definition) is 3. The Morgan fingerprint density at radius 2 is 2.05 bits per heavy atom. The molecule has 0 aliphatic carbocycles. The van der Waals surface area contributed by atoms with Crippen LogP contribution in [0, 0.1) is 5.41 Å². The lowest BCUT2D eigenvalue weighted by Gasteiger charge is -2.26. The molecular weight excluding hydrogens is 292 g/mol. The van der Waals surface area contributed by atoms with Crippen LogP contribution in [0.2, 0.25) is 5.02 Å². The topological polar surface area (TPSA) is 46.3 Å². The third kappa shape index (κ3) is 3.07. The van der Waals surface area contributed by atoms with E-state index >= 15 is 0 Å². The molecule has 1 amide bonds. The third-order valence-corrected chi connectivity index (χ3v) is 4.35. The average Bonchev–Trinajstić information content (AvgIpc) is 2.64. The van der Waals surface area contributed by atoms with Crippen LogP contribution in [-0.4, -0.2) is 24.4 Å². The van der Waals surface area contributed by atoms with E-state index in [0.29, 0.717) is 22.1 Å². The Balaban J connectivity index is 2.38. The summed E-state index contributed by atoms with van der Waals surface area (Å²) in [6, 6.07) is 5.52. The number of benzene rings is 1. The fourth-order valence-electron chi connectivity index (χ4n) is 2.20. The van der Waals surface area contributed by atoms with Gasteiger partial charge in [0.1, 0.15) is 4.88 Å². The highest BCUT2D eigenvalue weighted by atomic mass is 35.5. The second kappa shape index (κ2) is 5.26. The second-order valence-corrected chi connectivity index (χ2v) is 7.70. The van der Waals surface area contributed by atoms with Crippen molar-refractivity contribution in [1.29, 1.82) is 0 Å². The molecule has 2 rings (SSSR count). The molecule has 0 aliphatic rings. The van der Waals surface area contributed by atoms with Gasteiger partial charge in [-0.1, -0.05) is 32.4 Å². The van der Waals surface area contributed by atoms with Gasteiger partial charge in [-0.25, -0.2) is 0 Å². The van der Waals surface area contributed by atoms with Crippen LogP contribution in [0.15, 0.2) is 18.2 Å². The lowest BCUT2D eigenvalue weighted by atomic mass is 9.96. The van der Waals surface area contributed by atoms with Crippen LogP contribution < -0.4 is 5.73 Å². The van der Waals surface area contributed by atoms with Crippen LogP contribution in [0.3, 0.4) is 0 Å². The molecule has 0 spiro atoms. The molecule has 1 aromatic heterocycles. The molecule has 0 aliphatic heterocycles. The average molecular weight is 311 g/mol. The zero-order chi connectivity index (χ0) is 15.1. The largest absolute Gasteiger partial charge is 0.397 e. The van der Waals surface area contributed by atoms with E-state index in [1.54, 1.807) is 4.90 Å². The Hall–Kier alpha value is -1.26. The van der Waals surface area contributed by atoms with Gasteiger partial charge in [-0.3, -0.25) is 4.79 Å². The monoisotopic (exact) mass is 310 g/mol. The first-order valence-corrected chi connectivity index (χ1v) is 7.61. The quantitative estimate of drug-likeness (QED) is 0.901. The molecule has 0 unspecified atom stereocenters. The number of halogens is 1. The van der Waals surface area contributed by atoms with E-state index in [2.05, 4.69) is 20.8 Å². The van der Waals surface area contributed by atoms with E-state index in [-0.39, 0.29) is 11.3 Å². The first kappa shape index (κ1) is 15.1. The van der Waals surface area contributed by atoms with Crippen molar-refractivity contribution >= 4 is 44.6 Å². The van der Waals surface area contributed by atoms with Gasteiger partial charge in [0.15, 0.2) is 0 Å². The lowest BCUT2D eigenvalue weighted by molar-refractivity contribution is 0.0751. The summed E-state index contributed by atoms with van der Waals surface area (Å²) in [6.07, 6.45) is 0. The minimum atomic E-state index is -0.0326. The Kier molecular flexibility index (Phi) is 3.98. The van der Waals surface area contributed by atoms with Crippen molar-refractivity contribution in [3.8, 4) is 0 Å². The van der Waals surface area contributed by atoms with E-state index < -0.39 is 0 Å². The summed E-state index contributed by atoms with van der Waals surface area (Å²) in [6.45, 7) is 6.99. The Morgan fingerprint density at radius 3 is 2.65 bits per heavy atom. The number of nitrogens with two attached hydrogens (primary N) is 1. The van der Waals surface area contributed by atoms with Gasteiger partial charge in [0, 0.05) is 28.7 Å². The normalized spacial score (nSPS) is 11.8. The highest BCUT2D eigenvalue weighted by molar-refractivity contribution is 7.21. The summed E-state index contributed by atoms with van der Waals surface area (Å²) < 4.78 is 0.986. The van der Waals surface area contributed by atoms with Crippen LogP contribution in [0.5, 0.6) is 0 Å². The summed E-state index contributed by atoms with van der Waals surface area (Å²) in [4.78, 5) is 14.8. The number of hydrogen-bond donors (Lipinski definition) is 1. The second-order valence-electron chi connectivity index (χ2n) is 6.21. The standard InChI is InChI=1S/C15H19ClN2OS/c1-15(2,3)8-18(4)14(19)13-12(17)10-7-9(16)5-6-11(10)20-13/h5-7H,8,17H2,1-4H3. The van der Waals surface area contributed by atoms with Gasteiger partial charge in [0.2, 0.25) is 0 Å². The maximum atomic E-state index is 12.5. The molecule has 0 atom stereocenters. The molecule has 3 nitrogen and oxygen atoms in total. The van der Waals surface area contributed by atoms with Crippen molar-refractivity contribution in [1.82, 2.24) is 4.90 Å². The van der Waals surface area contributed by atoms with Gasteiger partial charge in [-0.2, -0.15) is 0 Å². The van der Waals surface area contributed by atoms with Crippen molar-refractivity contribution in [3.05, 3.63) is 28.1 Å². The van der Waals surface area contributed by atoms with Gasteiger partial charge >= 0.3 is 0 Å². The van der Waals surface area contributed by atoms with Gasteiger partial charge in [-0.05, 0) is 23.6 Å². The van der Waals surface area contributed by atoms with Crippen molar-refractivity contribution in [2.45, 2.75) is 20.8 Å². The summed E-state index contributed by atoms with van der Waals surface area (Å²) >= 11 is 7.40. The molecule has 0 radical (unpaired) electrons. The van der Waals surface area contributed by atoms with Crippen LogP contribution in [0.4, 0.5) is 5.69 Å².